The molecule has 1 unspecified atom stereocenters. The lowest BCUT2D eigenvalue weighted by molar-refractivity contribution is -0.187. The molecule has 0 radical (unpaired) electrons. The molecule has 0 saturated carbocycles. The number of amides is 2. The van der Waals surface area contributed by atoms with Gasteiger partial charge in [0.15, 0.2) is 0 Å². The lowest BCUT2D eigenvalue weighted by atomic mass is 9.96. The first-order valence-corrected chi connectivity index (χ1v) is 8.43. The molecule has 0 aromatic carbocycles. The van der Waals surface area contributed by atoms with Gasteiger partial charge in [-0.25, -0.2) is 4.79 Å². The van der Waals surface area contributed by atoms with Gasteiger partial charge in [-0.2, -0.15) is 13.2 Å². The molecule has 2 heterocycles. The second-order valence-corrected chi connectivity index (χ2v) is 7.30. The number of carboxylic acid groups (broad SMARTS) is 1. The van der Waals surface area contributed by atoms with E-state index < -0.39 is 43.1 Å². The van der Waals surface area contributed by atoms with Crippen molar-refractivity contribution in [1.29, 1.82) is 0 Å². The summed E-state index contributed by atoms with van der Waals surface area (Å²) >= 11 is 7.13. The van der Waals surface area contributed by atoms with Crippen LogP contribution in [0.1, 0.15) is 24.3 Å². The first-order valence-electron chi connectivity index (χ1n) is 7.23. The van der Waals surface area contributed by atoms with Crippen LogP contribution in [0.4, 0.5) is 18.0 Å². The van der Waals surface area contributed by atoms with Gasteiger partial charge in [0.1, 0.15) is 0 Å². The molecule has 0 spiro atoms. The Bertz CT molecular complexity index is 623. The predicted molar refractivity (Wildman–Crippen MR) is 83.1 cm³/mol. The molecule has 10 heteroatoms. The van der Waals surface area contributed by atoms with Crippen LogP contribution in [0.15, 0.2) is 12.1 Å². The average molecular weight is 385 g/mol. The van der Waals surface area contributed by atoms with Crippen LogP contribution < -0.4 is 5.32 Å². The Balaban J connectivity index is 2.08. The minimum absolute atomic E-state index is 0.386. The molecule has 1 aromatic heterocycles. The quantitative estimate of drug-likeness (QED) is 0.830. The van der Waals surface area contributed by atoms with Gasteiger partial charge in [-0.1, -0.05) is 18.5 Å². The minimum atomic E-state index is -4.66. The summed E-state index contributed by atoms with van der Waals surface area (Å²) in [6.45, 7) is 0.696. The first kappa shape index (κ1) is 18.9. The molecular weight excluding hydrogens is 369 g/mol. The smallest absolute Gasteiger partial charge is 0.394 e. The average Bonchev–Trinajstić information content (AvgIpc) is 3.10. The van der Waals surface area contributed by atoms with E-state index in [1.54, 1.807) is 12.1 Å². The monoisotopic (exact) mass is 384 g/mol. The van der Waals surface area contributed by atoms with Gasteiger partial charge in [0, 0.05) is 18.0 Å². The largest absolute Gasteiger partial charge is 0.481 e. The van der Waals surface area contributed by atoms with Crippen molar-refractivity contribution in [2.45, 2.75) is 25.6 Å². The van der Waals surface area contributed by atoms with Crippen LogP contribution in [0.5, 0.6) is 0 Å². The van der Waals surface area contributed by atoms with E-state index in [1.807, 2.05) is 6.92 Å². The number of hydrogen-bond donors (Lipinski definition) is 2. The third-order valence-electron chi connectivity index (χ3n) is 3.99. The van der Waals surface area contributed by atoms with Crippen LogP contribution in [0.2, 0.25) is 4.34 Å². The van der Waals surface area contributed by atoms with Crippen molar-refractivity contribution in [3.63, 3.8) is 0 Å². The number of nitrogens with zero attached hydrogens (tertiary/aromatic N) is 1. The van der Waals surface area contributed by atoms with E-state index in [2.05, 4.69) is 5.32 Å². The molecule has 1 aliphatic heterocycles. The second-order valence-electron chi connectivity index (χ2n) is 5.55. The minimum Gasteiger partial charge on any atom is -0.481 e. The molecule has 3 atom stereocenters. The highest BCUT2D eigenvalue weighted by Gasteiger charge is 2.53. The predicted octanol–water partition coefficient (Wildman–Crippen LogP) is 3.76. The van der Waals surface area contributed by atoms with Crippen molar-refractivity contribution in [2.24, 2.45) is 11.8 Å². The number of urea groups is 1. The Morgan fingerprint density at radius 3 is 2.54 bits per heavy atom. The molecular formula is C14H16ClF3N2O3S. The number of carbonyl (C=O) groups excluding carboxylic acids is 1. The standard InChI is InChI=1S/C14H16ClF3N2O3S/c1-2-9(10-3-4-11(15)24-10)19-13(23)20-5-7(12(21)22)8(6-20)14(16,17)18/h3-4,7-9H,2,5-6H2,1H3,(H,19,23)(H,21,22)/t7-,8-,9?/m1/s1. The third kappa shape index (κ3) is 4.13. The van der Waals surface area contributed by atoms with Crippen molar-refractivity contribution in [2.75, 3.05) is 13.1 Å². The summed E-state index contributed by atoms with van der Waals surface area (Å²) in [5.41, 5.74) is 0. The summed E-state index contributed by atoms with van der Waals surface area (Å²) in [5.74, 6) is -5.26. The number of carboxylic acids is 1. The molecule has 2 amide bonds. The van der Waals surface area contributed by atoms with Gasteiger partial charge in [0.25, 0.3) is 0 Å². The highest BCUT2D eigenvalue weighted by atomic mass is 35.5. The van der Waals surface area contributed by atoms with Gasteiger partial charge in [-0.05, 0) is 18.6 Å². The van der Waals surface area contributed by atoms with Crippen LogP contribution in [0, 0.1) is 11.8 Å². The Morgan fingerprint density at radius 2 is 2.12 bits per heavy atom. The fourth-order valence-corrected chi connectivity index (χ4v) is 3.88. The summed E-state index contributed by atoms with van der Waals surface area (Å²) in [7, 11) is 0. The Kier molecular flexibility index (Phi) is 5.64. The molecule has 2 N–H and O–H groups in total. The van der Waals surface area contributed by atoms with Gasteiger partial charge >= 0.3 is 18.2 Å². The Morgan fingerprint density at radius 1 is 1.46 bits per heavy atom. The van der Waals surface area contributed by atoms with E-state index >= 15 is 0 Å². The fourth-order valence-electron chi connectivity index (χ4n) is 2.68. The van der Waals surface area contributed by atoms with Crippen LogP contribution in [0.3, 0.4) is 0 Å². The van der Waals surface area contributed by atoms with Gasteiger partial charge < -0.3 is 15.3 Å². The number of likely N-dealkylation sites (tertiary alicyclic amines) is 1. The van der Waals surface area contributed by atoms with E-state index in [-0.39, 0.29) is 6.04 Å². The lowest BCUT2D eigenvalue weighted by Crippen LogP contribution is -2.41. The number of aliphatic carboxylic acids is 1. The summed E-state index contributed by atoms with van der Waals surface area (Å²) in [4.78, 5) is 25.0. The number of rotatable bonds is 4. The zero-order valence-electron chi connectivity index (χ0n) is 12.6. The second kappa shape index (κ2) is 7.18. The maximum absolute atomic E-state index is 13.0. The van der Waals surface area contributed by atoms with Gasteiger partial charge in [-0.15, -0.1) is 11.3 Å². The van der Waals surface area contributed by atoms with E-state index in [9.17, 15) is 22.8 Å². The van der Waals surface area contributed by atoms with E-state index in [1.165, 1.54) is 11.3 Å². The van der Waals surface area contributed by atoms with Crippen molar-refractivity contribution in [1.82, 2.24) is 10.2 Å². The molecule has 24 heavy (non-hydrogen) atoms. The number of carbonyl (C=O) groups is 2. The molecule has 1 saturated heterocycles. The van der Waals surface area contributed by atoms with Crippen molar-refractivity contribution in [3.05, 3.63) is 21.3 Å². The third-order valence-corrected chi connectivity index (χ3v) is 5.33. The molecule has 0 aliphatic carbocycles. The van der Waals surface area contributed by atoms with E-state index in [4.69, 9.17) is 16.7 Å². The first-order chi connectivity index (χ1) is 11.1. The number of hydrogen-bond acceptors (Lipinski definition) is 3. The molecule has 1 fully saturated rings. The number of thiophene rings is 1. The maximum atomic E-state index is 13.0. The summed E-state index contributed by atoms with van der Waals surface area (Å²) in [6, 6.07) is 2.32. The van der Waals surface area contributed by atoms with Crippen LogP contribution in [-0.4, -0.2) is 41.3 Å². The topological polar surface area (TPSA) is 69.6 Å². The highest BCUT2D eigenvalue weighted by molar-refractivity contribution is 7.16. The van der Waals surface area contributed by atoms with Crippen LogP contribution in [0.25, 0.3) is 0 Å². The maximum Gasteiger partial charge on any atom is 0.394 e. The Labute approximate surface area is 145 Å². The number of alkyl halides is 3. The number of nitrogens with one attached hydrogen (secondary N) is 1. The van der Waals surface area contributed by atoms with Gasteiger partial charge in [-0.3, -0.25) is 4.79 Å². The van der Waals surface area contributed by atoms with Crippen molar-refractivity contribution in [3.8, 4) is 0 Å². The molecule has 1 aliphatic rings. The molecule has 0 bridgehead atoms. The summed E-state index contributed by atoms with van der Waals surface area (Å²) in [5, 5.41) is 11.6. The van der Waals surface area contributed by atoms with Crippen molar-refractivity contribution < 1.29 is 27.9 Å². The summed E-state index contributed by atoms with van der Waals surface area (Å²) < 4.78 is 39.5. The molecule has 1 aromatic rings. The Hall–Kier alpha value is -1.48. The van der Waals surface area contributed by atoms with Gasteiger partial charge in [0.05, 0.1) is 22.2 Å². The zero-order valence-corrected chi connectivity index (χ0v) is 14.2. The lowest BCUT2D eigenvalue weighted by Gasteiger charge is -2.22. The molecule has 134 valence electrons. The highest BCUT2D eigenvalue weighted by Crippen LogP contribution is 2.38. The van der Waals surface area contributed by atoms with Crippen LogP contribution in [-0.2, 0) is 4.79 Å². The van der Waals surface area contributed by atoms with Crippen LogP contribution >= 0.6 is 22.9 Å². The fraction of sp³-hybridized carbons (Fsp3) is 0.571. The zero-order chi connectivity index (χ0) is 18.1. The number of halogens is 4. The van der Waals surface area contributed by atoms with Crippen molar-refractivity contribution >= 4 is 34.9 Å². The van der Waals surface area contributed by atoms with Gasteiger partial charge in [0.2, 0.25) is 0 Å². The van der Waals surface area contributed by atoms with E-state index in [0.29, 0.717) is 10.8 Å². The molecule has 2 rings (SSSR count). The SMILES string of the molecule is CCC(NC(=O)N1C[C@@H](C(F)(F)F)[C@H](C(=O)O)C1)c1ccc(Cl)s1. The summed E-state index contributed by atoms with van der Waals surface area (Å²) in [6.07, 6.45) is -4.13. The normalized spacial score (nSPS) is 22.5. The van der Waals surface area contributed by atoms with E-state index in [0.717, 1.165) is 9.78 Å². The molecule has 5 nitrogen and oxygen atoms in total.